The highest BCUT2D eigenvalue weighted by Gasteiger charge is 2.33. The van der Waals surface area contributed by atoms with Crippen molar-refractivity contribution < 1.29 is 32.9 Å². The zero-order valence-electron chi connectivity index (χ0n) is 18.6. The first-order valence-corrected chi connectivity index (χ1v) is 11.9. The molecule has 0 aliphatic carbocycles. The maximum Gasteiger partial charge on any atom is 0.417 e. The van der Waals surface area contributed by atoms with E-state index in [2.05, 4.69) is 10.3 Å². The van der Waals surface area contributed by atoms with Gasteiger partial charge in [-0.3, -0.25) is 9.78 Å². The van der Waals surface area contributed by atoms with E-state index in [0.717, 1.165) is 12.3 Å². The molecule has 3 heterocycles. The van der Waals surface area contributed by atoms with Gasteiger partial charge in [-0.25, -0.2) is 0 Å². The summed E-state index contributed by atoms with van der Waals surface area (Å²) in [5, 5.41) is 23.0. The van der Waals surface area contributed by atoms with Crippen LogP contribution in [0.25, 0.3) is 0 Å². The molecule has 7 nitrogen and oxygen atoms in total. The van der Waals surface area contributed by atoms with Gasteiger partial charge in [0, 0.05) is 38.8 Å². The number of hydrogen-bond donors (Lipinski definition) is 3. The SMILES string of the molecule is O=C(CCCc1cc(C(F)(F)F)cnc1C1CNCCO1)N1CCc2c(Cl)c(O)c(O)c(Cl)c2C1. The minimum Gasteiger partial charge on any atom is -0.503 e. The van der Waals surface area contributed by atoms with Crippen molar-refractivity contribution in [3.63, 3.8) is 0 Å². The number of morpholine rings is 1. The number of aromatic hydroxyl groups is 2. The summed E-state index contributed by atoms with van der Waals surface area (Å²) in [5.41, 5.74) is 1.06. The topological polar surface area (TPSA) is 94.9 Å². The Hall–Kier alpha value is -2.27. The van der Waals surface area contributed by atoms with Crippen LogP contribution in [0.4, 0.5) is 13.2 Å². The van der Waals surface area contributed by atoms with Crippen molar-refractivity contribution in [3.8, 4) is 11.5 Å². The Morgan fingerprint density at radius 2 is 1.94 bits per heavy atom. The van der Waals surface area contributed by atoms with Crippen LogP contribution in [0.3, 0.4) is 0 Å². The summed E-state index contributed by atoms with van der Waals surface area (Å²) < 4.78 is 45.5. The maximum atomic E-state index is 13.3. The van der Waals surface area contributed by atoms with E-state index in [-0.39, 0.29) is 35.3 Å². The molecule has 2 aliphatic heterocycles. The third-order valence-electron chi connectivity index (χ3n) is 6.27. The second-order valence-corrected chi connectivity index (χ2v) is 9.29. The largest absolute Gasteiger partial charge is 0.503 e. The molecule has 190 valence electrons. The number of amides is 1. The van der Waals surface area contributed by atoms with E-state index in [0.29, 0.717) is 61.5 Å². The number of nitrogens with one attached hydrogen (secondary N) is 1. The van der Waals surface area contributed by atoms with Gasteiger partial charge in [0.25, 0.3) is 0 Å². The predicted molar refractivity (Wildman–Crippen MR) is 123 cm³/mol. The van der Waals surface area contributed by atoms with Crippen molar-refractivity contribution in [2.75, 3.05) is 26.2 Å². The summed E-state index contributed by atoms with van der Waals surface area (Å²) in [7, 11) is 0. The Bertz CT molecular complexity index is 1120. The van der Waals surface area contributed by atoms with Gasteiger partial charge in [-0.1, -0.05) is 23.2 Å². The summed E-state index contributed by atoms with van der Waals surface area (Å²) in [6.45, 7) is 1.99. The number of halogens is 5. The van der Waals surface area contributed by atoms with Gasteiger partial charge in [0.05, 0.1) is 27.9 Å². The fourth-order valence-corrected chi connectivity index (χ4v) is 4.97. The summed E-state index contributed by atoms with van der Waals surface area (Å²) in [6.07, 6.45) is -3.17. The second kappa shape index (κ2) is 10.4. The maximum absolute atomic E-state index is 13.3. The zero-order valence-corrected chi connectivity index (χ0v) is 20.1. The molecule has 0 spiro atoms. The fourth-order valence-electron chi connectivity index (χ4n) is 4.41. The Morgan fingerprint density at radius 1 is 1.23 bits per heavy atom. The number of aromatic nitrogens is 1. The molecule has 2 aliphatic rings. The number of hydrogen-bond acceptors (Lipinski definition) is 6. The van der Waals surface area contributed by atoms with E-state index >= 15 is 0 Å². The van der Waals surface area contributed by atoms with Crippen LogP contribution in [0.5, 0.6) is 11.5 Å². The van der Waals surface area contributed by atoms with Crippen LogP contribution >= 0.6 is 23.2 Å². The highest BCUT2D eigenvalue weighted by atomic mass is 35.5. The molecule has 35 heavy (non-hydrogen) atoms. The molecule has 1 saturated heterocycles. The normalized spacial score (nSPS) is 18.4. The molecule has 1 atom stereocenters. The van der Waals surface area contributed by atoms with Gasteiger partial charge in [-0.05, 0) is 42.0 Å². The lowest BCUT2D eigenvalue weighted by molar-refractivity contribution is -0.138. The number of pyridine rings is 1. The molecular weight excluding hydrogens is 510 g/mol. The number of nitrogens with zero attached hydrogens (tertiary/aromatic N) is 2. The van der Waals surface area contributed by atoms with Crippen molar-refractivity contribution in [1.82, 2.24) is 15.2 Å². The quantitative estimate of drug-likeness (QED) is 0.493. The average Bonchev–Trinajstić information content (AvgIpc) is 2.85. The highest BCUT2D eigenvalue weighted by molar-refractivity contribution is 6.36. The highest BCUT2D eigenvalue weighted by Crippen LogP contribution is 2.46. The molecule has 1 fully saturated rings. The lowest BCUT2D eigenvalue weighted by Crippen LogP contribution is -2.36. The number of benzene rings is 1. The van der Waals surface area contributed by atoms with E-state index in [1.54, 1.807) is 4.90 Å². The van der Waals surface area contributed by atoms with Gasteiger partial charge in [-0.2, -0.15) is 13.2 Å². The molecule has 1 aromatic heterocycles. The van der Waals surface area contributed by atoms with E-state index in [1.807, 2.05) is 0 Å². The van der Waals surface area contributed by atoms with Gasteiger partial charge < -0.3 is 25.2 Å². The van der Waals surface area contributed by atoms with Crippen LogP contribution in [-0.2, 0) is 35.1 Å². The summed E-state index contributed by atoms with van der Waals surface area (Å²) in [4.78, 5) is 18.5. The van der Waals surface area contributed by atoms with Crippen LogP contribution in [0, 0.1) is 0 Å². The van der Waals surface area contributed by atoms with Gasteiger partial charge in [0.15, 0.2) is 11.5 Å². The molecular formula is C23H24Cl2F3N3O4. The second-order valence-electron chi connectivity index (χ2n) is 8.53. The lowest BCUT2D eigenvalue weighted by Gasteiger charge is -2.31. The van der Waals surface area contributed by atoms with Crippen molar-refractivity contribution in [1.29, 1.82) is 0 Å². The number of ether oxygens (including phenoxy) is 1. The molecule has 3 N–H and O–H groups in total. The van der Waals surface area contributed by atoms with Gasteiger partial charge >= 0.3 is 6.18 Å². The Kier molecular flexibility index (Phi) is 7.65. The average molecular weight is 534 g/mol. The number of carbonyl (C=O) groups is 1. The van der Waals surface area contributed by atoms with E-state index in [9.17, 15) is 28.2 Å². The predicted octanol–water partition coefficient (Wildman–Crippen LogP) is 4.39. The van der Waals surface area contributed by atoms with Gasteiger partial charge in [0.2, 0.25) is 5.91 Å². The van der Waals surface area contributed by atoms with Crippen LogP contribution in [0.1, 0.15) is 46.9 Å². The minimum atomic E-state index is -4.52. The molecule has 4 rings (SSSR count). The first kappa shape index (κ1) is 25.8. The van der Waals surface area contributed by atoms with Crippen molar-refractivity contribution in [2.24, 2.45) is 0 Å². The molecule has 0 radical (unpaired) electrons. The van der Waals surface area contributed by atoms with Gasteiger partial charge in [0.1, 0.15) is 6.10 Å². The van der Waals surface area contributed by atoms with Crippen molar-refractivity contribution in [3.05, 3.63) is 50.3 Å². The first-order valence-electron chi connectivity index (χ1n) is 11.1. The third-order valence-corrected chi connectivity index (χ3v) is 7.08. The number of fused-ring (bicyclic) bond motifs is 1. The number of carbonyl (C=O) groups excluding carboxylic acids is 1. The van der Waals surface area contributed by atoms with Crippen LogP contribution in [0.15, 0.2) is 12.3 Å². The lowest BCUT2D eigenvalue weighted by atomic mass is 9.97. The van der Waals surface area contributed by atoms with Gasteiger partial charge in [-0.15, -0.1) is 0 Å². The van der Waals surface area contributed by atoms with Crippen molar-refractivity contribution >= 4 is 29.1 Å². The number of rotatable bonds is 5. The van der Waals surface area contributed by atoms with Crippen LogP contribution < -0.4 is 5.32 Å². The zero-order chi connectivity index (χ0) is 25.3. The number of phenols is 2. The Labute approximate surface area is 209 Å². The van der Waals surface area contributed by atoms with E-state index in [1.165, 1.54) is 0 Å². The van der Waals surface area contributed by atoms with Crippen LogP contribution in [0.2, 0.25) is 10.0 Å². The first-order chi connectivity index (χ1) is 16.6. The molecule has 2 aromatic rings. The van der Waals surface area contributed by atoms with Crippen molar-refractivity contribution in [2.45, 2.75) is 44.5 Å². The Morgan fingerprint density at radius 3 is 2.60 bits per heavy atom. The smallest absolute Gasteiger partial charge is 0.417 e. The third kappa shape index (κ3) is 5.45. The molecule has 0 bridgehead atoms. The van der Waals surface area contributed by atoms with E-state index in [4.69, 9.17) is 27.9 Å². The minimum absolute atomic E-state index is 0.0120. The van der Waals surface area contributed by atoms with Crippen LogP contribution in [-0.4, -0.2) is 52.2 Å². The monoisotopic (exact) mass is 533 g/mol. The van der Waals surface area contributed by atoms with E-state index < -0.39 is 29.3 Å². The molecule has 1 aromatic carbocycles. The molecule has 1 unspecified atom stereocenters. The summed E-state index contributed by atoms with van der Waals surface area (Å²) >= 11 is 12.3. The summed E-state index contributed by atoms with van der Waals surface area (Å²) in [5.74, 6) is -1.22. The number of alkyl halides is 3. The molecule has 0 saturated carbocycles. The Balaban J connectivity index is 1.45. The standard InChI is InChI=1S/C23H24Cl2F3N3O4/c24-18-14-4-6-31(11-15(14)19(25)22(34)21(18)33)17(32)3-1-2-12-8-13(23(26,27)28)9-30-20(12)16-10-29-5-7-35-16/h8-9,16,29,33-34H,1-7,10-11H2. The molecule has 12 heteroatoms. The number of aryl methyl sites for hydroxylation is 1. The molecule has 1 amide bonds. The number of phenolic OH excluding ortho intramolecular Hbond substituents is 2. The summed E-state index contributed by atoms with van der Waals surface area (Å²) in [6, 6.07) is 1.08. The fraction of sp³-hybridized carbons (Fsp3) is 0.478.